The van der Waals surface area contributed by atoms with Gasteiger partial charge < -0.3 is 10.6 Å². The molecule has 3 heterocycles. The number of aromatic nitrogens is 2. The fourth-order valence-electron chi connectivity index (χ4n) is 5.95. The molecule has 6 rings (SSSR count). The van der Waals surface area contributed by atoms with Gasteiger partial charge >= 0.3 is 0 Å². The van der Waals surface area contributed by atoms with Gasteiger partial charge in [-0.05, 0) is 23.5 Å². The second kappa shape index (κ2) is 9.07. The molecule has 0 radical (unpaired) electrons. The first-order valence-corrected chi connectivity index (χ1v) is 14.3. The van der Waals surface area contributed by atoms with E-state index < -0.39 is 5.41 Å². The molecule has 0 saturated heterocycles. The van der Waals surface area contributed by atoms with Crippen LogP contribution in [0.1, 0.15) is 37.8 Å². The van der Waals surface area contributed by atoms with Crippen LogP contribution in [0.25, 0.3) is 0 Å². The number of allylic oxidation sites excluding steroid dienone is 1. The highest BCUT2D eigenvalue weighted by Gasteiger charge is 2.62. The summed E-state index contributed by atoms with van der Waals surface area (Å²) in [5.74, 6) is 0.327. The largest absolute Gasteiger partial charge is 0.384 e. The van der Waals surface area contributed by atoms with E-state index in [1.165, 1.54) is 16.2 Å². The van der Waals surface area contributed by atoms with Crippen molar-refractivity contribution < 1.29 is 9.59 Å². The summed E-state index contributed by atoms with van der Waals surface area (Å²) in [6.45, 7) is 4.05. The van der Waals surface area contributed by atoms with Crippen molar-refractivity contribution in [2.24, 2.45) is 11.1 Å². The van der Waals surface area contributed by atoms with Crippen LogP contribution in [-0.4, -0.2) is 28.9 Å². The minimum absolute atomic E-state index is 0.0461. The average Bonchev–Trinajstić information content (AvgIpc) is 3.46. The fourth-order valence-corrected chi connectivity index (χ4v) is 7.79. The highest BCUT2D eigenvalue weighted by Crippen LogP contribution is 2.58. The smallest absolute Gasteiger partial charge is 0.247 e. The summed E-state index contributed by atoms with van der Waals surface area (Å²) >= 11 is 2.91. The predicted octanol–water partition coefficient (Wildman–Crippen LogP) is 4.90. The molecule has 1 spiro atoms. The van der Waals surface area contributed by atoms with E-state index in [4.69, 9.17) is 5.73 Å². The van der Waals surface area contributed by atoms with Gasteiger partial charge in [-0.2, -0.15) is 5.26 Å². The minimum Gasteiger partial charge on any atom is -0.384 e. The number of ketones is 1. The van der Waals surface area contributed by atoms with Crippen LogP contribution >= 0.6 is 23.1 Å². The molecular weight excluding hydrogens is 528 g/mol. The number of likely N-dealkylation sites (N-methyl/N-ethyl adjacent to an activating group) is 1. The minimum atomic E-state index is -1.58. The number of hydrogen-bond donors (Lipinski definition) is 1. The SMILES string of the molecule is CN1C(=O)[C@@]2(C(C#N)=C(N)N(c3nnc(SCc4ccccc4)s3)C3=C2C(=O)CC(C)(C)C3)c2ccccc21. The maximum Gasteiger partial charge on any atom is 0.247 e. The van der Waals surface area contributed by atoms with Crippen LogP contribution in [0, 0.1) is 16.7 Å². The lowest BCUT2D eigenvalue weighted by Gasteiger charge is -2.45. The highest BCUT2D eigenvalue weighted by molar-refractivity contribution is 8.00. The number of hydrogen-bond acceptors (Lipinski definition) is 9. The quantitative estimate of drug-likeness (QED) is 0.453. The van der Waals surface area contributed by atoms with Gasteiger partial charge in [-0.3, -0.25) is 14.5 Å². The Bertz CT molecular complexity index is 1630. The molecule has 3 aromatic rings. The van der Waals surface area contributed by atoms with Crippen molar-refractivity contribution in [3.05, 3.63) is 88.4 Å². The van der Waals surface area contributed by atoms with Gasteiger partial charge in [0.1, 0.15) is 17.3 Å². The van der Waals surface area contributed by atoms with Crippen LogP contribution < -0.4 is 15.5 Å². The number of para-hydroxylation sites is 1. The van der Waals surface area contributed by atoms with E-state index in [1.54, 1.807) is 23.7 Å². The molecule has 0 unspecified atom stereocenters. The number of amides is 1. The number of carbonyl (C=O) groups is 2. The predicted molar refractivity (Wildman–Crippen MR) is 152 cm³/mol. The highest BCUT2D eigenvalue weighted by atomic mass is 32.2. The topological polar surface area (TPSA) is 116 Å². The molecule has 0 bridgehead atoms. The van der Waals surface area contributed by atoms with Gasteiger partial charge in [-0.25, -0.2) is 0 Å². The summed E-state index contributed by atoms with van der Waals surface area (Å²) in [6.07, 6.45) is 0.744. The molecule has 2 aromatic carbocycles. The second-order valence-corrected chi connectivity index (χ2v) is 12.9. The lowest BCUT2D eigenvalue weighted by atomic mass is 9.61. The first-order chi connectivity index (χ1) is 18.7. The summed E-state index contributed by atoms with van der Waals surface area (Å²) in [5.41, 5.74) is 8.26. The molecule has 8 nitrogen and oxygen atoms in total. The third kappa shape index (κ3) is 3.72. The van der Waals surface area contributed by atoms with Crippen molar-refractivity contribution in [2.45, 2.75) is 42.2 Å². The number of anilines is 2. The third-order valence-electron chi connectivity index (χ3n) is 7.57. The monoisotopic (exact) mass is 554 g/mol. The Morgan fingerprint density at radius 2 is 1.79 bits per heavy atom. The Labute approximate surface area is 234 Å². The number of nitrogens with two attached hydrogens (primary N) is 1. The van der Waals surface area contributed by atoms with Gasteiger partial charge in [0.2, 0.25) is 11.0 Å². The fraction of sp³-hybridized carbons (Fsp3) is 0.276. The molecule has 3 aliphatic rings. The van der Waals surface area contributed by atoms with Gasteiger partial charge in [-0.1, -0.05) is 85.5 Å². The molecule has 2 aliphatic heterocycles. The zero-order chi connectivity index (χ0) is 27.5. The number of thioether (sulfide) groups is 1. The number of benzene rings is 2. The number of nitrogens with zero attached hydrogens (tertiary/aromatic N) is 5. The third-order valence-corrected chi connectivity index (χ3v) is 9.68. The molecule has 1 aliphatic carbocycles. The Balaban J connectivity index is 1.53. The Kier molecular flexibility index (Phi) is 5.90. The van der Waals surface area contributed by atoms with Gasteiger partial charge in [-0.15, -0.1) is 10.2 Å². The lowest BCUT2D eigenvalue weighted by molar-refractivity contribution is -0.124. The summed E-state index contributed by atoms with van der Waals surface area (Å²) in [7, 11) is 1.67. The maximum absolute atomic E-state index is 14.1. The van der Waals surface area contributed by atoms with Crippen molar-refractivity contribution in [2.75, 3.05) is 16.8 Å². The lowest BCUT2D eigenvalue weighted by Crippen LogP contribution is -2.53. The molecule has 2 N–H and O–H groups in total. The van der Waals surface area contributed by atoms with E-state index in [2.05, 4.69) is 28.4 Å². The molecule has 1 amide bonds. The summed E-state index contributed by atoms with van der Waals surface area (Å²) in [6, 6.07) is 19.6. The first kappa shape index (κ1) is 25.3. The number of nitriles is 1. The van der Waals surface area contributed by atoms with Crippen molar-refractivity contribution in [1.29, 1.82) is 5.26 Å². The standard InChI is InChI=1S/C29H26N6O2S2/c1-28(2)13-21-23(22(36)14-28)29(18-11-7-8-12-20(18)34(3)25(29)37)19(15-30)24(31)35(21)26-32-33-27(39-26)38-16-17-9-5-4-6-10-17/h4-12H,13-14,16,31H2,1-3H3/t29-/m1/s1. The van der Waals surface area contributed by atoms with Crippen LogP contribution in [0.15, 0.2) is 81.6 Å². The summed E-state index contributed by atoms with van der Waals surface area (Å²) in [4.78, 5) is 31.4. The zero-order valence-electron chi connectivity index (χ0n) is 21.8. The van der Waals surface area contributed by atoms with Crippen molar-refractivity contribution in [3.63, 3.8) is 0 Å². The van der Waals surface area contributed by atoms with Gasteiger partial charge in [0.25, 0.3) is 0 Å². The molecule has 1 atom stereocenters. The van der Waals surface area contributed by atoms with Gasteiger partial charge in [0.05, 0.1) is 5.57 Å². The number of rotatable bonds is 4. The molecule has 0 saturated carbocycles. The molecule has 10 heteroatoms. The van der Waals surface area contributed by atoms with Gasteiger partial charge in [0, 0.05) is 41.7 Å². The molecule has 0 fully saturated rings. The van der Waals surface area contributed by atoms with E-state index in [0.717, 1.165) is 15.7 Å². The van der Waals surface area contributed by atoms with Crippen molar-refractivity contribution >= 4 is 45.6 Å². The molecular formula is C29H26N6O2S2. The van der Waals surface area contributed by atoms with E-state index in [1.807, 2.05) is 56.3 Å². The van der Waals surface area contributed by atoms with E-state index in [9.17, 15) is 14.9 Å². The molecule has 39 heavy (non-hydrogen) atoms. The van der Waals surface area contributed by atoms with Crippen LogP contribution in [0.5, 0.6) is 0 Å². The second-order valence-electron chi connectivity index (χ2n) is 10.7. The van der Waals surface area contributed by atoms with Crippen LogP contribution in [0.4, 0.5) is 10.8 Å². The Morgan fingerprint density at radius 1 is 1.08 bits per heavy atom. The molecule has 1 aromatic heterocycles. The van der Waals surface area contributed by atoms with E-state index in [0.29, 0.717) is 34.1 Å². The van der Waals surface area contributed by atoms with Crippen LogP contribution in [0.3, 0.4) is 0 Å². The van der Waals surface area contributed by atoms with Crippen LogP contribution in [0.2, 0.25) is 0 Å². The van der Waals surface area contributed by atoms with Gasteiger partial charge in [0.15, 0.2) is 10.1 Å². The number of Topliss-reactive ketones (excluding diaryl/α,β-unsaturated/α-hetero) is 1. The Hall–Kier alpha value is -3.94. The molecule has 196 valence electrons. The summed E-state index contributed by atoms with van der Waals surface area (Å²) in [5, 5.41) is 19.8. The number of fused-ring (bicyclic) bond motifs is 3. The van der Waals surface area contributed by atoms with E-state index in [-0.39, 0.29) is 34.9 Å². The zero-order valence-corrected chi connectivity index (χ0v) is 23.4. The van der Waals surface area contributed by atoms with E-state index >= 15 is 0 Å². The van der Waals surface area contributed by atoms with Crippen LogP contribution in [-0.2, 0) is 20.8 Å². The van der Waals surface area contributed by atoms with Crippen molar-refractivity contribution in [1.82, 2.24) is 10.2 Å². The Morgan fingerprint density at radius 3 is 2.54 bits per heavy atom. The first-order valence-electron chi connectivity index (χ1n) is 12.5. The average molecular weight is 555 g/mol. The number of carbonyl (C=O) groups excluding carboxylic acids is 2. The normalized spacial score (nSPS) is 21.9. The maximum atomic E-state index is 14.1. The summed E-state index contributed by atoms with van der Waals surface area (Å²) < 4.78 is 0.742. The van der Waals surface area contributed by atoms with Crippen molar-refractivity contribution in [3.8, 4) is 6.07 Å².